The standard InChI is InChI=1S/C12H20N4O2/c1-9(13)7-15-8-11(14)6-10-2-4-12(5-3-10)16(17)18/h2-5,9,11,15H,6-8,13-14H2,1H3. The largest absolute Gasteiger partial charge is 0.327 e. The molecule has 6 nitrogen and oxygen atoms in total. The van der Waals surface area contributed by atoms with Crippen molar-refractivity contribution in [2.45, 2.75) is 25.4 Å². The Morgan fingerprint density at radius 2 is 1.89 bits per heavy atom. The molecule has 0 aliphatic heterocycles. The highest BCUT2D eigenvalue weighted by atomic mass is 16.6. The molecule has 2 atom stereocenters. The molecule has 6 heteroatoms. The van der Waals surface area contributed by atoms with E-state index in [1.807, 2.05) is 6.92 Å². The molecule has 1 aromatic rings. The van der Waals surface area contributed by atoms with Crippen LogP contribution in [-0.2, 0) is 6.42 Å². The van der Waals surface area contributed by atoms with Gasteiger partial charge in [0.2, 0.25) is 0 Å². The third kappa shape index (κ3) is 5.22. The van der Waals surface area contributed by atoms with Gasteiger partial charge in [0.1, 0.15) is 0 Å². The smallest absolute Gasteiger partial charge is 0.269 e. The number of rotatable bonds is 7. The zero-order chi connectivity index (χ0) is 13.5. The van der Waals surface area contributed by atoms with Crippen molar-refractivity contribution < 1.29 is 4.92 Å². The summed E-state index contributed by atoms with van der Waals surface area (Å²) in [4.78, 5) is 10.1. The van der Waals surface area contributed by atoms with Gasteiger partial charge in [-0.1, -0.05) is 12.1 Å². The molecule has 0 aromatic heterocycles. The van der Waals surface area contributed by atoms with Gasteiger partial charge in [-0.25, -0.2) is 0 Å². The van der Waals surface area contributed by atoms with Crippen LogP contribution in [0.2, 0.25) is 0 Å². The maximum absolute atomic E-state index is 10.5. The SMILES string of the molecule is CC(N)CNCC(N)Cc1ccc([N+](=O)[O-])cc1. The van der Waals surface area contributed by atoms with Gasteiger partial charge in [0.05, 0.1) is 4.92 Å². The highest BCUT2D eigenvalue weighted by Gasteiger charge is 2.07. The number of nitrogens with one attached hydrogen (secondary N) is 1. The lowest BCUT2D eigenvalue weighted by molar-refractivity contribution is -0.384. The van der Waals surface area contributed by atoms with E-state index < -0.39 is 4.92 Å². The Labute approximate surface area is 107 Å². The van der Waals surface area contributed by atoms with E-state index in [9.17, 15) is 10.1 Å². The van der Waals surface area contributed by atoms with Crippen LogP contribution in [0, 0.1) is 10.1 Å². The van der Waals surface area contributed by atoms with Crippen LogP contribution in [0.15, 0.2) is 24.3 Å². The molecular weight excluding hydrogens is 232 g/mol. The van der Waals surface area contributed by atoms with Gasteiger partial charge in [-0.05, 0) is 18.9 Å². The zero-order valence-electron chi connectivity index (χ0n) is 10.5. The number of nitro groups is 1. The van der Waals surface area contributed by atoms with Gasteiger partial charge in [-0.15, -0.1) is 0 Å². The predicted molar refractivity (Wildman–Crippen MR) is 71.3 cm³/mol. The Morgan fingerprint density at radius 1 is 1.28 bits per heavy atom. The van der Waals surface area contributed by atoms with Crippen molar-refractivity contribution in [1.29, 1.82) is 0 Å². The van der Waals surface area contributed by atoms with E-state index in [4.69, 9.17) is 11.5 Å². The van der Waals surface area contributed by atoms with Crippen LogP contribution in [0.4, 0.5) is 5.69 Å². The average Bonchev–Trinajstić information content (AvgIpc) is 2.29. The summed E-state index contributed by atoms with van der Waals surface area (Å²) in [5.74, 6) is 0. The maximum atomic E-state index is 10.5. The number of hydrogen-bond donors (Lipinski definition) is 3. The van der Waals surface area contributed by atoms with Crippen molar-refractivity contribution in [2.24, 2.45) is 11.5 Å². The summed E-state index contributed by atoms with van der Waals surface area (Å²) in [6.45, 7) is 3.33. The van der Waals surface area contributed by atoms with Crippen LogP contribution in [0.5, 0.6) is 0 Å². The van der Waals surface area contributed by atoms with Crippen LogP contribution in [0.3, 0.4) is 0 Å². The van der Waals surface area contributed by atoms with Gasteiger partial charge >= 0.3 is 0 Å². The lowest BCUT2D eigenvalue weighted by Crippen LogP contribution is -2.40. The topological polar surface area (TPSA) is 107 Å². The van der Waals surface area contributed by atoms with E-state index in [0.717, 1.165) is 12.1 Å². The quantitative estimate of drug-likeness (QED) is 0.481. The molecule has 1 rings (SSSR count). The van der Waals surface area contributed by atoms with Gasteiger partial charge in [-0.2, -0.15) is 0 Å². The van der Waals surface area contributed by atoms with Crippen LogP contribution in [-0.4, -0.2) is 30.1 Å². The van der Waals surface area contributed by atoms with E-state index in [1.54, 1.807) is 12.1 Å². The first kappa shape index (κ1) is 14.6. The number of non-ortho nitro benzene ring substituents is 1. The molecule has 5 N–H and O–H groups in total. The van der Waals surface area contributed by atoms with Crippen molar-refractivity contribution in [1.82, 2.24) is 5.32 Å². The molecule has 2 unspecified atom stereocenters. The predicted octanol–water partition coefficient (Wildman–Crippen LogP) is 0.401. The van der Waals surface area contributed by atoms with Crippen molar-refractivity contribution in [2.75, 3.05) is 13.1 Å². The van der Waals surface area contributed by atoms with Crippen molar-refractivity contribution >= 4 is 5.69 Å². The second kappa shape index (κ2) is 7.05. The van der Waals surface area contributed by atoms with Crippen LogP contribution < -0.4 is 16.8 Å². The van der Waals surface area contributed by atoms with Crippen molar-refractivity contribution in [3.05, 3.63) is 39.9 Å². The second-order valence-electron chi connectivity index (χ2n) is 4.52. The molecule has 0 aliphatic carbocycles. The first-order valence-corrected chi connectivity index (χ1v) is 5.94. The number of nitrogens with two attached hydrogens (primary N) is 2. The Bertz CT molecular complexity index is 378. The number of nitro benzene ring substituents is 1. The molecule has 0 heterocycles. The van der Waals surface area contributed by atoms with Crippen LogP contribution in [0.25, 0.3) is 0 Å². The van der Waals surface area contributed by atoms with Gasteiger partial charge in [-0.3, -0.25) is 10.1 Å². The number of benzene rings is 1. The molecule has 100 valence electrons. The molecule has 0 aliphatic rings. The van der Waals surface area contributed by atoms with E-state index >= 15 is 0 Å². The maximum Gasteiger partial charge on any atom is 0.269 e. The number of nitrogens with zero attached hydrogens (tertiary/aromatic N) is 1. The molecule has 0 bridgehead atoms. The Hall–Kier alpha value is -1.50. The molecule has 18 heavy (non-hydrogen) atoms. The summed E-state index contributed by atoms with van der Waals surface area (Å²) in [6.07, 6.45) is 0.684. The minimum absolute atomic E-state index is 0.0230. The first-order valence-electron chi connectivity index (χ1n) is 5.94. The summed E-state index contributed by atoms with van der Waals surface area (Å²) in [7, 11) is 0. The summed E-state index contributed by atoms with van der Waals surface area (Å²) >= 11 is 0. The van der Waals surface area contributed by atoms with E-state index in [0.29, 0.717) is 13.0 Å². The minimum Gasteiger partial charge on any atom is -0.327 e. The van der Waals surface area contributed by atoms with E-state index in [2.05, 4.69) is 5.32 Å². The van der Waals surface area contributed by atoms with Crippen LogP contribution >= 0.6 is 0 Å². The average molecular weight is 252 g/mol. The molecule has 0 radical (unpaired) electrons. The lowest BCUT2D eigenvalue weighted by Gasteiger charge is -2.14. The van der Waals surface area contributed by atoms with Gasteiger partial charge in [0.15, 0.2) is 0 Å². The first-order chi connectivity index (χ1) is 8.49. The third-order valence-corrected chi connectivity index (χ3v) is 2.52. The van der Waals surface area contributed by atoms with Crippen LogP contribution in [0.1, 0.15) is 12.5 Å². The molecular formula is C12H20N4O2. The van der Waals surface area contributed by atoms with Gasteiger partial charge in [0, 0.05) is 37.3 Å². The summed E-state index contributed by atoms with van der Waals surface area (Å²) < 4.78 is 0. The Kier molecular flexibility index (Phi) is 5.70. The molecule has 1 aromatic carbocycles. The summed E-state index contributed by atoms with van der Waals surface area (Å²) in [6, 6.07) is 6.56. The normalized spacial score (nSPS) is 14.2. The molecule has 0 amide bonds. The fourth-order valence-electron chi connectivity index (χ4n) is 1.63. The molecule has 0 fully saturated rings. The monoisotopic (exact) mass is 252 g/mol. The van der Waals surface area contributed by atoms with Gasteiger partial charge in [0.25, 0.3) is 5.69 Å². The molecule has 0 saturated carbocycles. The third-order valence-electron chi connectivity index (χ3n) is 2.52. The molecule has 0 saturated heterocycles. The van der Waals surface area contributed by atoms with E-state index in [1.165, 1.54) is 12.1 Å². The Morgan fingerprint density at radius 3 is 2.39 bits per heavy atom. The van der Waals surface area contributed by atoms with Crippen molar-refractivity contribution in [3.63, 3.8) is 0 Å². The zero-order valence-corrected chi connectivity index (χ0v) is 10.5. The Balaban J connectivity index is 2.39. The van der Waals surface area contributed by atoms with Gasteiger partial charge < -0.3 is 16.8 Å². The minimum atomic E-state index is -0.409. The molecule has 0 spiro atoms. The van der Waals surface area contributed by atoms with E-state index in [-0.39, 0.29) is 17.8 Å². The lowest BCUT2D eigenvalue weighted by atomic mass is 10.1. The summed E-state index contributed by atoms with van der Waals surface area (Å²) in [5.41, 5.74) is 12.7. The number of hydrogen-bond acceptors (Lipinski definition) is 5. The second-order valence-corrected chi connectivity index (χ2v) is 4.52. The van der Waals surface area contributed by atoms with Crippen molar-refractivity contribution in [3.8, 4) is 0 Å². The summed E-state index contributed by atoms with van der Waals surface area (Å²) in [5, 5.41) is 13.7. The highest BCUT2D eigenvalue weighted by molar-refractivity contribution is 5.33. The fourth-order valence-corrected chi connectivity index (χ4v) is 1.63. The highest BCUT2D eigenvalue weighted by Crippen LogP contribution is 2.12. The fraction of sp³-hybridized carbons (Fsp3) is 0.500.